The fraction of sp³-hybridized carbons (Fsp3) is 0.368. The predicted molar refractivity (Wildman–Crippen MR) is 105 cm³/mol. The third-order valence-electron chi connectivity index (χ3n) is 4.84. The summed E-state index contributed by atoms with van der Waals surface area (Å²) in [5.41, 5.74) is 2.23. The van der Waals surface area contributed by atoms with Crippen LogP contribution in [0.3, 0.4) is 0 Å². The Bertz CT molecular complexity index is 932. The standard InChI is InChI=1S/C19H22N6O2S/c26-17(11-14-3-1-10-28-14)25-8-4-15-16(12-25)22-23-18(15)19(27)21-5-2-7-24-9-6-20-13-24/h1,3,6,9-10,13H,2,4-5,7-8,11-12H2,(H,21,27)(H,22,23). The first-order valence-electron chi connectivity index (χ1n) is 9.31. The van der Waals surface area contributed by atoms with Gasteiger partial charge in [-0.1, -0.05) is 6.07 Å². The maximum atomic E-state index is 12.5. The van der Waals surface area contributed by atoms with Crippen molar-refractivity contribution < 1.29 is 9.59 Å². The number of thiophene rings is 1. The van der Waals surface area contributed by atoms with Gasteiger partial charge in [-0.25, -0.2) is 4.98 Å². The van der Waals surface area contributed by atoms with Crippen LogP contribution in [-0.4, -0.2) is 49.6 Å². The molecule has 4 rings (SSSR count). The maximum Gasteiger partial charge on any atom is 0.272 e. The van der Waals surface area contributed by atoms with Gasteiger partial charge in [-0.3, -0.25) is 14.7 Å². The monoisotopic (exact) mass is 398 g/mol. The summed E-state index contributed by atoms with van der Waals surface area (Å²) >= 11 is 1.59. The maximum absolute atomic E-state index is 12.5. The highest BCUT2D eigenvalue weighted by Gasteiger charge is 2.27. The van der Waals surface area contributed by atoms with Crippen LogP contribution in [0.4, 0.5) is 0 Å². The number of nitrogens with zero attached hydrogens (tertiary/aromatic N) is 4. The van der Waals surface area contributed by atoms with Crippen LogP contribution in [0.1, 0.15) is 33.0 Å². The molecule has 146 valence electrons. The van der Waals surface area contributed by atoms with Crippen LogP contribution in [0.25, 0.3) is 0 Å². The van der Waals surface area contributed by atoms with E-state index in [1.165, 1.54) is 0 Å². The first kappa shape index (κ1) is 18.4. The first-order chi connectivity index (χ1) is 13.7. The van der Waals surface area contributed by atoms with E-state index < -0.39 is 0 Å². The van der Waals surface area contributed by atoms with Crippen molar-refractivity contribution in [3.05, 3.63) is 58.1 Å². The number of nitrogens with one attached hydrogen (secondary N) is 2. The number of carbonyl (C=O) groups is 2. The largest absolute Gasteiger partial charge is 0.351 e. The van der Waals surface area contributed by atoms with Crippen LogP contribution in [0.5, 0.6) is 0 Å². The Morgan fingerprint density at radius 1 is 1.36 bits per heavy atom. The average Bonchev–Trinajstić information content (AvgIpc) is 3.45. The number of hydrogen-bond donors (Lipinski definition) is 2. The van der Waals surface area contributed by atoms with E-state index in [-0.39, 0.29) is 11.8 Å². The minimum atomic E-state index is -0.165. The molecule has 0 aliphatic carbocycles. The molecule has 3 aromatic rings. The van der Waals surface area contributed by atoms with Gasteiger partial charge in [0.15, 0.2) is 5.69 Å². The molecule has 0 saturated carbocycles. The molecule has 9 heteroatoms. The summed E-state index contributed by atoms with van der Waals surface area (Å²) in [6.45, 7) is 2.46. The highest BCUT2D eigenvalue weighted by molar-refractivity contribution is 7.10. The second-order valence-corrected chi connectivity index (χ2v) is 7.79. The van der Waals surface area contributed by atoms with Gasteiger partial charge in [0, 0.05) is 42.5 Å². The summed E-state index contributed by atoms with van der Waals surface area (Å²) < 4.78 is 1.98. The Morgan fingerprint density at radius 3 is 3.07 bits per heavy atom. The van der Waals surface area contributed by atoms with Gasteiger partial charge < -0.3 is 14.8 Å². The Morgan fingerprint density at radius 2 is 2.29 bits per heavy atom. The summed E-state index contributed by atoms with van der Waals surface area (Å²) in [5.74, 6) is -0.0605. The molecule has 0 atom stereocenters. The van der Waals surface area contributed by atoms with Gasteiger partial charge in [0.2, 0.25) is 5.91 Å². The minimum Gasteiger partial charge on any atom is -0.351 e. The molecule has 0 unspecified atom stereocenters. The van der Waals surface area contributed by atoms with E-state index in [0.29, 0.717) is 38.2 Å². The highest BCUT2D eigenvalue weighted by atomic mass is 32.1. The van der Waals surface area contributed by atoms with Gasteiger partial charge >= 0.3 is 0 Å². The van der Waals surface area contributed by atoms with Gasteiger partial charge in [-0.15, -0.1) is 11.3 Å². The number of fused-ring (bicyclic) bond motifs is 1. The molecule has 0 fully saturated rings. The van der Waals surface area contributed by atoms with Crippen molar-refractivity contribution in [3.8, 4) is 0 Å². The van der Waals surface area contributed by atoms with Crippen LogP contribution in [0.15, 0.2) is 36.2 Å². The van der Waals surface area contributed by atoms with Gasteiger partial charge in [-0.05, 0) is 24.3 Å². The molecule has 3 aromatic heterocycles. The van der Waals surface area contributed by atoms with E-state index in [2.05, 4.69) is 20.5 Å². The van der Waals surface area contributed by atoms with Crippen molar-refractivity contribution in [2.75, 3.05) is 13.1 Å². The highest BCUT2D eigenvalue weighted by Crippen LogP contribution is 2.21. The molecular weight excluding hydrogens is 376 g/mol. The minimum absolute atomic E-state index is 0.105. The Hall–Kier alpha value is -2.94. The number of H-pyrrole nitrogens is 1. The fourth-order valence-electron chi connectivity index (χ4n) is 3.36. The van der Waals surface area contributed by atoms with Crippen LogP contribution < -0.4 is 5.32 Å². The topological polar surface area (TPSA) is 95.9 Å². The van der Waals surface area contributed by atoms with Crippen molar-refractivity contribution in [1.29, 1.82) is 0 Å². The van der Waals surface area contributed by atoms with Crippen LogP contribution in [0.2, 0.25) is 0 Å². The second kappa shape index (κ2) is 8.39. The molecule has 28 heavy (non-hydrogen) atoms. The molecular formula is C19H22N6O2S. The molecule has 4 heterocycles. The quantitative estimate of drug-likeness (QED) is 0.591. The molecule has 0 saturated heterocycles. The zero-order valence-electron chi connectivity index (χ0n) is 15.4. The fourth-order valence-corrected chi connectivity index (χ4v) is 4.05. The van der Waals surface area contributed by atoms with Gasteiger partial charge in [-0.2, -0.15) is 5.10 Å². The summed E-state index contributed by atoms with van der Waals surface area (Å²) in [7, 11) is 0. The number of imidazole rings is 1. The number of rotatable bonds is 7. The van der Waals surface area contributed by atoms with E-state index in [4.69, 9.17) is 0 Å². The van der Waals surface area contributed by atoms with Crippen molar-refractivity contribution in [1.82, 2.24) is 30.0 Å². The second-order valence-electron chi connectivity index (χ2n) is 6.76. The lowest BCUT2D eigenvalue weighted by atomic mass is 10.0. The average molecular weight is 398 g/mol. The zero-order chi connectivity index (χ0) is 19.3. The lowest BCUT2D eigenvalue weighted by molar-refractivity contribution is -0.131. The molecule has 0 radical (unpaired) electrons. The van der Waals surface area contributed by atoms with E-state index in [9.17, 15) is 9.59 Å². The summed E-state index contributed by atoms with van der Waals surface area (Å²) in [4.78, 5) is 31.9. The third-order valence-corrected chi connectivity index (χ3v) is 5.72. The lowest BCUT2D eigenvalue weighted by Crippen LogP contribution is -2.37. The number of aromatic nitrogens is 4. The zero-order valence-corrected chi connectivity index (χ0v) is 16.2. The van der Waals surface area contributed by atoms with Gasteiger partial charge in [0.05, 0.1) is 25.0 Å². The number of carbonyl (C=O) groups excluding carboxylic acids is 2. The van der Waals surface area contributed by atoms with Crippen molar-refractivity contribution in [2.24, 2.45) is 0 Å². The molecule has 8 nitrogen and oxygen atoms in total. The first-order valence-corrected chi connectivity index (χ1v) is 10.2. The molecule has 0 aromatic carbocycles. The van der Waals surface area contributed by atoms with Crippen LogP contribution in [-0.2, 0) is 30.7 Å². The predicted octanol–water partition coefficient (Wildman–Crippen LogP) is 1.62. The molecule has 2 amide bonds. The van der Waals surface area contributed by atoms with E-state index >= 15 is 0 Å². The number of hydrogen-bond acceptors (Lipinski definition) is 5. The SMILES string of the molecule is O=C(NCCCn1ccnc1)c1n[nH]c2c1CCN(C(=O)Cc1cccs1)C2. The number of amides is 2. The van der Waals surface area contributed by atoms with Gasteiger partial charge in [0.25, 0.3) is 5.91 Å². The smallest absolute Gasteiger partial charge is 0.272 e. The lowest BCUT2D eigenvalue weighted by Gasteiger charge is -2.26. The van der Waals surface area contributed by atoms with Gasteiger partial charge in [0.1, 0.15) is 0 Å². The van der Waals surface area contributed by atoms with E-state index in [1.807, 2.05) is 33.2 Å². The van der Waals surface area contributed by atoms with Crippen molar-refractivity contribution >= 4 is 23.2 Å². The molecule has 0 spiro atoms. The summed E-state index contributed by atoms with van der Waals surface area (Å²) in [6, 6.07) is 3.93. The number of aryl methyl sites for hydroxylation is 1. The Labute approximate surface area is 166 Å². The summed E-state index contributed by atoms with van der Waals surface area (Å²) in [5, 5.41) is 12.1. The van der Waals surface area contributed by atoms with Crippen molar-refractivity contribution in [3.63, 3.8) is 0 Å². The Balaban J connectivity index is 1.30. The van der Waals surface area contributed by atoms with Crippen LogP contribution in [0, 0.1) is 0 Å². The van der Waals surface area contributed by atoms with E-state index in [1.54, 1.807) is 23.9 Å². The van der Waals surface area contributed by atoms with E-state index in [0.717, 1.165) is 29.1 Å². The third kappa shape index (κ3) is 4.14. The summed E-state index contributed by atoms with van der Waals surface area (Å²) in [6.07, 6.45) is 7.28. The molecule has 1 aliphatic rings. The molecule has 2 N–H and O–H groups in total. The Kier molecular flexibility index (Phi) is 5.52. The normalized spacial score (nSPS) is 13.4. The van der Waals surface area contributed by atoms with Crippen molar-refractivity contribution in [2.45, 2.75) is 32.4 Å². The van der Waals surface area contributed by atoms with Crippen LogP contribution >= 0.6 is 11.3 Å². The number of aromatic amines is 1. The molecule has 1 aliphatic heterocycles. The molecule has 0 bridgehead atoms.